The van der Waals surface area contributed by atoms with E-state index in [1.807, 2.05) is 12.1 Å². The molecule has 0 aliphatic carbocycles. The van der Waals surface area contributed by atoms with Gasteiger partial charge in [-0.1, -0.05) is 0 Å². The summed E-state index contributed by atoms with van der Waals surface area (Å²) in [5.41, 5.74) is 1.36. The van der Waals surface area contributed by atoms with Crippen molar-refractivity contribution in [1.29, 1.82) is 0 Å². The number of benzene rings is 4. The first-order valence-electron chi connectivity index (χ1n) is 9.09. The van der Waals surface area contributed by atoms with Gasteiger partial charge in [0.2, 0.25) is 0 Å². The number of hydrogen-bond acceptors (Lipinski definition) is 0. The van der Waals surface area contributed by atoms with E-state index in [0.717, 1.165) is 10.2 Å². The molecule has 4 aromatic rings. The van der Waals surface area contributed by atoms with Crippen molar-refractivity contribution < 1.29 is 0 Å². The van der Waals surface area contributed by atoms with E-state index >= 15 is 0 Å². The van der Waals surface area contributed by atoms with E-state index in [1.54, 1.807) is 0 Å². The van der Waals surface area contributed by atoms with Gasteiger partial charge < -0.3 is 0 Å². The molecule has 0 atom stereocenters. The Labute approximate surface area is 168 Å². The molecule has 4 aromatic carbocycles. The molecule has 0 unspecified atom stereocenters. The van der Waals surface area contributed by atoms with Crippen molar-refractivity contribution in [3.8, 4) is 0 Å². The molecular weight excluding hydrogens is 411 g/mol. The van der Waals surface area contributed by atoms with Crippen molar-refractivity contribution in [2.45, 2.75) is 5.21 Å². The molecule has 0 N–H and O–H groups in total. The standard InChI is InChI=1S/C25H21AsCl/c27-25-19-11-10-18-24(25)26(22-14-6-2-7-15-22,23-16-8-3-9-17-23)20-21-12-4-1-5-13-21/h1-19H,20H2. The SMILES string of the molecule is Clc1ccccc1[As](Cc1ccccc1)(c1ccccc1)c1ccccc1. The second-order valence-corrected chi connectivity index (χ2v) is 14.2. The van der Waals surface area contributed by atoms with Crippen molar-refractivity contribution in [1.82, 2.24) is 0 Å². The van der Waals surface area contributed by atoms with Gasteiger partial charge in [-0.15, -0.1) is 0 Å². The second kappa shape index (κ2) is 8.17. The van der Waals surface area contributed by atoms with Gasteiger partial charge in [0.15, 0.2) is 0 Å². The minimum atomic E-state index is -2.81. The van der Waals surface area contributed by atoms with E-state index in [1.165, 1.54) is 18.6 Å². The molecule has 0 aliphatic rings. The van der Waals surface area contributed by atoms with E-state index in [2.05, 4.69) is 103 Å². The zero-order chi connectivity index (χ0) is 18.5. The van der Waals surface area contributed by atoms with Gasteiger partial charge in [-0.3, -0.25) is 0 Å². The molecule has 133 valence electrons. The molecule has 2 heteroatoms. The predicted molar refractivity (Wildman–Crippen MR) is 119 cm³/mol. The molecule has 0 bridgehead atoms. The zero-order valence-electron chi connectivity index (χ0n) is 15.0. The van der Waals surface area contributed by atoms with Crippen LogP contribution in [0.15, 0.2) is 115 Å². The van der Waals surface area contributed by atoms with E-state index in [9.17, 15) is 0 Å². The maximum absolute atomic E-state index is 6.82. The fourth-order valence-electron chi connectivity index (χ4n) is 3.68. The van der Waals surface area contributed by atoms with E-state index in [0.29, 0.717) is 0 Å². The van der Waals surface area contributed by atoms with Crippen LogP contribution in [0.3, 0.4) is 0 Å². The van der Waals surface area contributed by atoms with Crippen LogP contribution in [0.2, 0.25) is 5.02 Å². The van der Waals surface area contributed by atoms with Crippen LogP contribution in [0.5, 0.6) is 0 Å². The molecule has 0 spiro atoms. The number of hydrogen-bond donors (Lipinski definition) is 0. The summed E-state index contributed by atoms with van der Waals surface area (Å²) in [7, 11) is 0. The van der Waals surface area contributed by atoms with Gasteiger partial charge in [0.05, 0.1) is 0 Å². The minimum absolute atomic E-state index is 0.869. The number of rotatable bonds is 5. The van der Waals surface area contributed by atoms with Gasteiger partial charge in [-0.05, 0) is 0 Å². The third-order valence-corrected chi connectivity index (χ3v) is 14.8. The summed E-state index contributed by atoms with van der Waals surface area (Å²) >= 11 is 4.01. The van der Waals surface area contributed by atoms with Gasteiger partial charge in [-0.2, -0.15) is 0 Å². The summed E-state index contributed by atoms with van der Waals surface area (Å²) in [6.07, 6.45) is 0. The summed E-state index contributed by atoms with van der Waals surface area (Å²) in [6.45, 7) is 0. The second-order valence-electron chi connectivity index (χ2n) is 6.58. The maximum atomic E-state index is 6.82. The van der Waals surface area contributed by atoms with Crippen LogP contribution in [-0.4, -0.2) is 13.6 Å². The van der Waals surface area contributed by atoms with Crippen LogP contribution < -0.4 is 13.1 Å². The Morgan fingerprint density at radius 2 is 0.963 bits per heavy atom. The van der Waals surface area contributed by atoms with Gasteiger partial charge in [0, 0.05) is 0 Å². The fraction of sp³-hybridized carbons (Fsp3) is 0.0400. The molecule has 0 fully saturated rings. The first-order chi connectivity index (χ1) is 13.3. The van der Waals surface area contributed by atoms with Crippen LogP contribution in [-0.2, 0) is 5.21 Å². The normalized spacial score (nSPS) is 11.3. The Morgan fingerprint density at radius 3 is 1.48 bits per heavy atom. The molecular formula is C25H21AsCl. The van der Waals surface area contributed by atoms with Crippen molar-refractivity contribution in [2.24, 2.45) is 0 Å². The molecule has 0 saturated heterocycles. The summed E-state index contributed by atoms with van der Waals surface area (Å²) in [6, 6.07) is 41.1. The van der Waals surface area contributed by atoms with Gasteiger partial charge in [0.1, 0.15) is 0 Å². The summed E-state index contributed by atoms with van der Waals surface area (Å²) in [5, 5.41) is 1.88. The molecule has 0 nitrogen and oxygen atoms in total. The van der Waals surface area contributed by atoms with Gasteiger partial charge in [0.25, 0.3) is 0 Å². The van der Waals surface area contributed by atoms with Crippen molar-refractivity contribution >= 4 is 38.2 Å². The molecule has 0 aromatic heterocycles. The number of halogens is 1. The van der Waals surface area contributed by atoms with E-state index < -0.39 is 13.6 Å². The Kier molecular flexibility index (Phi) is 5.48. The predicted octanol–water partition coefficient (Wildman–Crippen LogP) is 4.59. The van der Waals surface area contributed by atoms with Crippen LogP contribution in [0.4, 0.5) is 0 Å². The monoisotopic (exact) mass is 431 g/mol. The molecule has 27 heavy (non-hydrogen) atoms. The van der Waals surface area contributed by atoms with Crippen LogP contribution >= 0.6 is 11.6 Å². The molecule has 1 radical (unpaired) electrons. The molecule has 0 amide bonds. The van der Waals surface area contributed by atoms with Crippen molar-refractivity contribution in [3.63, 3.8) is 0 Å². The van der Waals surface area contributed by atoms with Crippen LogP contribution in [0.1, 0.15) is 5.56 Å². The molecule has 0 saturated carbocycles. The quantitative estimate of drug-likeness (QED) is 0.405. The molecule has 0 aliphatic heterocycles. The third-order valence-electron chi connectivity index (χ3n) is 4.92. The van der Waals surface area contributed by atoms with Crippen molar-refractivity contribution in [2.75, 3.05) is 0 Å². The average Bonchev–Trinajstić information content (AvgIpc) is 2.75. The average molecular weight is 432 g/mol. The summed E-state index contributed by atoms with van der Waals surface area (Å²) < 4.78 is 4.14. The molecule has 0 heterocycles. The fourth-order valence-corrected chi connectivity index (χ4v) is 13.6. The first kappa shape index (κ1) is 18.1. The van der Waals surface area contributed by atoms with Crippen LogP contribution in [0, 0.1) is 0 Å². The topological polar surface area (TPSA) is 0 Å². The summed E-state index contributed by atoms with van der Waals surface area (Å²) in [5.74, 6) is 0. The van der Waals surface area contributed by atoms with E-state index in [-0.39, 0.29) is 0 Å². The Bertz CT molecular complexity index is 958. The van der Waals surface area contributed by atoms with Gasteiger partial charge in [-0.25, -0.2) is 0 Å². The summed E-state index contributed by atoms with van der Waals surface area (Å²) in [4.78, 5) is 0. The Hall–Kier alpha value is -2.27. The Balaban J connectivity index is 2.04. The Morgan fingerprint density at radius 1 is 0.519 bits per heavy atom. The molecule has 4 rings (SSSR count). The first-order valence-corrected chi connectivity index (χ1v) is 13.6. The van der Waals surface area contributed by atoms with Crippen molar-refractivity contribution in [3.05, 3.63) is 126 Å². The van der Waals surface area contributed by atoms with E-state index in [4.69, 9.17) is 11.6 Å². The zero-order valence-corrected chi connectivity index (χ0v) is 17.6. The third kappa shape index (κ3) is 3.61. The van der Waals surface area contributed by atoms with Crippen LogP contribution in [0.25, 0.3) is 0 Å². The van der Waals surface area contributed by atoms with Gasteiger partial charge >= 0.3 is 169 Å².